The van der Waals surface area contributed by atoms with Crippen molar-refractivity contribution in [2.45, 2.75) is 19.0 Å². The maximum absolute atomic E-state index is 12.0. The number of carbonyl (C=O) groups excluding carboxylic acids is 1. The molecule has 0 spiro atoms. The van der Waals surface area contributed by atoms with Crippen LogP contribution in [-0.4, -0.2) is 41.1 Å². The SMILES string of the molecule is O=C(O)CC1CCN(C(=O)C(F)(F)F)C1. The molecule has 7 heteroatoms. The Morgan fingerprint density at radius 1 is 1.40 bits per heavy atom. The van der Waals surface area contributed by atoms with E-state index in [0.29, 0.717) is 11.3 Å². The van der Waals surface area contributed by atoms with Gasteiger partial charge in [0.2, 0.25) is 0 Å². The monoisotopic (exact) mass is 225 g/mol. The maximum Gasteiger partial charge on any atom is 0.471 e. The Morgan fingerprint density at radius 3 is 2.47 bits per heavy atom. The van der Waals surface area contributed by atoms with Crippen LogP contribution in [0.3, 0.4) is 0 Å². The van der Waals surface area contributed by atoms with Crippen LogP contribution in [0.1, 0.15) is 12.8 Å². The molecule has 86 valence electrons. The number of rotatable bonds is 2. The minimum absolute atomic E-state index is 0.0176. The molecule has 1 N–H and O–H groups in total. The molecule has 4 nitrogen and oxygen atoms in total. The number of carboxylic acid groups (broad SMARTS) is 1. The maximum atomic E-state index is 12.0. The largest absolute Gasteiger partial charge is 0.481 e. The fourth-order valence-electron chi connectivity index (χ4n) is 1.61. The van der Waals surface area contributed by atoms with E-state index in [0.717, 1.165) is 0 Å². The van der Waals surface area contributed by atoms with E-state index in [-0.39, 0.29) is 25.4 Å². The Labute approximate surface area is 83.7 Å². The quantitative estimate of drug-likeness (QED) is 0.758. The molecular weight excluding hydrogens is 215 g/mol. The first-order chi connectivity index (χ1) is 6.80. The number of halogens is 3. The highest BCUT2D eigenvalue weighted by atomic mass is 19.4. The molecule has 0 aromatic rings. The molecule has 0 aromatic heterocycles. The van der Waals surface area contributed by atoms with Gasteiger partial charge in [0.1, 0.15) is 0 Å². The second-order valence-corrected chi connectivity index (χ2v) is 3.50. The molecule has 1 aliphatic heterocycles. The first-order valence-corrected chi connectivity index (χ1v) is 4.38. The van der Waals surface area contributed by atoms with Crippen LogP contribution in [0.4, 0.5) is 13.2 Å². The highest BCUT2D eigenvalue weighted by molar-refractivity contribution is 5.82. The van der Waals surface area contributed by atoms with Crippen LogP contribution in [-0.2, 0) is 9.59 Å². The molecule has 0 aliphatic carbocycles. The molecule has 1 fully saturated rings. The van der Waals surface area contributed by atoms with E-state index in [2.05, 4.69) is 0 Å². The van der Waals surface area contributed by atoms with Crippen LogP contribution in [0.2, 0.25) is 0 Å². The lowest BCUT2D eigenvalue weighted by Crippen LogP contribution is -2.39. The molecule has 1 heterocycles. The predicted molar refractivity (Wildman–Crippen MR) is 43.0 cm³/mol. The van der Waals surface area contributed by atoms with Gasteiger partial charge in [-0.25, -0.2) is 0 Å². The van der Waals surface area contributed by atoms with Crippen molar-refractivity contribution in [3.05, 3.63) is 0 Å². The van der Waals surface area contributed by atoms with Crippen LogP contribution in [0.15, 0.2) is 0 Å². The van der Waals surface area contributed by atoms with Gasteiger partial charge in [0.25, 0.3) is 0 Å². The third-order valence-corrected chi connectivity index (χ3v) is 2.28. The van der Waals surface area contributed by atoms with Crippen LogP contribution in [0, 0.1) is 5.92 Å². The second-order valence-electron chi connectivity index (χ2n) is 3.50. The number of hydrogen-bond donors (Lipinski definition) is 1. The highest BCUT2D eigenvalue weighted by Crippen LogP contribution is 2.25. The van der Waals surface area contributed by atoms with Gasteiger partial charge in [-0.2, -0.15) is 13.2 Å². The Morgan fingerprint density at radius 2 is 2.00 bits per heavy atom. The summed E-state index contributed by atoms with van der Waals surface area (Å²) in [5, 5.41) is 8.43. The average Bonchev–Trinajstić information content (AvgIpc) is 2.48. The lowest BCUT2D eigenvalue weighted by Gasteiger charge is -2.17. The lowest BCUT2D eigenvalue weighted by molar-refractivity contribution is -0.184. The number of hydrogen-bond acceptors (Lipinski definition) is 2. The van der Waals surface area contributed by atoms with Gasteiger partial charge in [0.15, 0.2) is 0 Å². The molecule has 1 saturated heterocycles. The van der Waals surface area contributed by atoms with E-state index >= 15 is 0 Å². The molecule has 0 aromatic carbocycles. The number of carboxylic acids is 1. The van der Waals surface area contributed by atoms with Crippen LogP contribution in [0.5, 0.6) is 0 Å². The third-order valence-electron chi connectivity index (χ3n) is 2.28. The topological polar surface area (TPSA) is 57.6 Å². The van der Waals surface area contributed by atoms with Gasteiger partial charge in [0, 0.05) is 19.5 Å². The molecule has 1 unspecified atom stereocenters. The number of nitrogens with zero attached hydrogens (tertiary/aromatic N) is 1. The van der Waals surface area contributed by atoms with Gasteiger partial charge < -0.3 is 10.0 Å². The number of aliphatic carboxylic acids is 1. The van der Waals surface area contributed by atoms with Gasteiger partial charge in [-0.3, -0.25) is 9.59 Å². The summed E-state index contributed by atoms with van der Waals surface area (Å²) in [4.78, 5) is 21.7. The van der Waals surface area contributed by atoms with E-state index < -0.39 is 18.1 Å². The molecule has 1 atom stereocenters. The first kappa shape index (κ1) is 11.8. The summed E-state index contributed by atoms with van der Waals surface area (Å²) < 4.78 is 35.9. The van der Waals surface area contributed by atoms with Crippen molar-refractivity contribution in [3.8, 4) is 0 Å². The van der Waals surface area contributed by atoms with Gasteiger partial charge >= 0.3 is 18.1 Å². The van der Waals surface area contributed by atoms with Crippen LogP contribution >= 0.6 is 0 Å². The zero-order valence-electron chi connectivity index (χ0n) is 7.75. The van der Waals surface area contributed by atoms with Crippen LogP contribution in [0.25, 0.3) is 0 Å². The van der Waals surface area contributed by atoms with Crippen molar-refractivity contribution in [2.24, 2.45) is 5.92 Å². The van der Waals surface area contributed by atoms with Crippen LogP contribution < -0.4 is 0 Å². The number of amides is 1. The third kappa shape index (κ3) is 3.10. The molecule has 1 amide bonds. The van der Waals surface area contributed by atoms with Gasteiger partial charge in [-0.1, -0.05) is 0 Å². The Balaban J connectivity index is 2.50. The first-order valence-electron chi connectivity index (χ1n) is 4.38. The van der Waals surface area contributed by atoms with E-state index in [9.17, 15) is 22.8 Å². The summed E-state index contributed by atoms with van der Waals surface area (Å²) in [6.45, 7) is -0.138. The Hall–Kier alpha value is -1.27. The van der Waals surface area contributed by atoms with Crippen molar-refractivity contribution in [1.29, 1.82) is 0 Å². The highest BCUT2D eigenvalue weighted by Gasteiger charge is 2.44. The smallest absolute Gasteiger partial charge is 0.471 e. The number of alkyl halides is 3. The van der Waals surface area contributed by atoms with E-state index in [1.165, 1.54) is 0 Å². The standard InChI is InChI=1S/C8H10F3NO3/c9-8(10,11)7(15)12-2-1-5(4-12)3-6(13)14/h5H,1-4H2,(H,13,14). The minimum Gasteiger partial charge on any atom is -0.481 e. The second kappa shape index (κ2) is 4.08. The zero-order valence-corrected chi connectivity index (χ0v) is 7.75. The molecule has 1 rings (SSSR count). The zero-order chi connectivity index (χ0) is 11.6. The average molecular weight is 225 g/mol. The van der Waals surface area contributed by atoms with Crippen molar-refractivity contribution in [1.82, 2.24) is 4.90 Å². The normalized spacial score (nSPS) is 21.8. The summed E-state index contributed by atoms with van der Waals surface area (Å²) in [5.41, 5.74) is 0. The fraction of sp³-hybridized carbons (Fsp3) is 0.750. The summed E-state index contributed by atoms with van der Waals surface area (Å²) >= 11 is 0. The van der Waals surface area contributed by atoms with Crippen molar-refractivity contribution in [2.75, 3.05) is 13.1 Å². The van der Waals surface area contributed by atoms with E-state index in [1.807, 2.05) is 0 Å². The predicted octanol–water partition coefficient (Wildman–Crippen LogP) is 0.872. The molecule has 0 saturated carbocycles. The molecule has 0 radical (unpaired) electrons. The van der Waals surface area contributed by atoms with Gasteiger partial charge in [-0.15, -0.1) is 0 Å². The Bertz CT molecular complexity index is 277. The molecule has 1 aliphatic rings. The minimum atomic E-state index is -4.86. The molecule has 15 heavy (non-hydrogen) atoms. The van der Waals surface area contributed by atoms with E-state index in [1.54, 1.807) is 0 Å². The molecule has 0 bridgehead atoms. The van der Waals surface area contributed by atoms with Crippen molar-refractivity contribution in [3.63, 3.8) is 0 Å². The van der Waals surface area contributed by atoms with Crippen molar-refractivity contribution >= 4 is 11.9 Å². The number of carbonyl (C=O) groups is 2. The van der Waals surface area contributed by atoms with Gasteiger partial charge in [0.05, 0.1) is 0 Å². The fourth-order valence-corrected chi connectivity index (χ4v) is 1.61. The summed E-state index contributed by atoms with van der Waals surface area (Å²) in [7, 11) is 0. The number of likely N-dealkylation sites (tertiary alicyclic amines) is 1. The summed E-state index contributed by atoms with van der Waals surface area (Å²) in [6, 6.07) is 0. The molecular formula is C8H10F3NO3. The van der Waals surface area contributed by atoms with Gasteiger partial charge in [-0.05, 0) is 12.3 Å². The Kier molecular flexibility index (Phi) is 3.21. The summed E-state index contributed by atoms with van der Waals surface area (Å²) in [5.74, 6) is -3.30. The van der Waals surface area contributed by atoms with E-state index in [4.69, 9.17) is 5.11 Å². The lowest BCUT2D eigenvalue weighted by atomic mass is 10.1. The summed E-state index contributed by atoms with van der Waals surface area (Å²) in [6.07, 6.45) is -4.74. The van der Waals surface area contributed by atoms with Crippen molar-refractivity contribution < 1.29 is 27.9 Å².